The fourth-order valence-corrected chi connectivity index (χ4v) is 2.57. The van der Waals surface area contributed by atoms with E-state index in [-0.39, 0.29) is 18.2 Å². The van der Waals surface area contributed by atoms with E-state index in [9.17, 15) is 15.0 Å². The van der Waals surface area contributed by atoms with Crippen LogP contribution in [0.15, 0.2) is 35.0 Å². The molecule has 2 aromatic rings. The van der Waals surface area contributed by atoms with Crippen molar-refractivity contribution in [3.63, 3.8) is 0 Å². The van der Waals surface area contributed by atoms with E-state index >= 15 is 0 Å². The molecule has 1 unspecified atom stereocenters. The Kier molecular flexibility index (Phi) is 4.78. The van der Waals surface area contributed by atoms with E-state index in [0.717, 1.165) is 5.56 Å². The number of phenols is 1. The normalized spacial score (nSPS) is 12.1. The van der Waals surface area contributed by atoms with Crippen LogP contribution < -0.4 is 5.32 Å². The summed E-state index contributed by atoms with van der Waals surface area (Å²) in [6, 6.07) is 6.53. The van der Waals surface area contributed by atoms with Gasteiger partial charge in [0.1, 0.15) is 5.75 Å². The standard InChI is InChI=1S/C13H12INO3S/c14-10-2-1-8(5-11(10)16)13(18)15-6-12(17)9-3-4-19-7-9/h1-5,7,12,16-17H,6H2,(H,15,18). The monoisotopic (exact) mass is 389 g/mol. The highest BCUT2D eigenvalue weighted by Crippen LogP contribution is 2.20. The lowest BCUT2D eigenvalue weighted by Gasteiger charge is -2.11. The number of benzene rings is 1. The van der Waals surface area contributed by atoms with E-state index in [0.29, 0.717) is 9.13 Å². The summed E-state index contributed by atoms with van der Waals surface area (Å²) < 4.78 is 0.687. The first-order valence-electron chi connectivity index (χ1n) is 5.55. The summed E-state index contributed by atoms with van der Waals surface area (Å²) in [6.45, 7) is 0.141. The summed E-state index contributed by atoms with van der Waals surface area (Å²) in [5.74, 6) is -0.243. The molecule has 1 heterocycles. The maximum absolute atomic E-state index is 11.8. The third-order valence-corrected chi connectivity index (χ3v) is 4.21. The number of rotatable bonds is 4. The average molecular weight is 389 g/mol. The smallest absolute Gasteiger partial charge is 0.251 e. The van der Waals surface area contributed by atoms with E-state index in [2.05, 4.69) is 5.32 Å². The van der Waals surface area contributed by atoms with Crippen molar-refractivity contribution in [1.82, 2.24) is 5.32 Å². The molecule has 0 bridgehead atoms. The fraction of sp³-hybridized carbons (Fsp3) is 0.154. The minimum atomic E-state index is -0.715. The van der Waals surface area contributed by atoms with Crippen molar-refractivity contribution in [3.8, 4) is 5.75 Å². The number of aromatic hydroxyl groups is 1. The third kappa shape index (κ3) is 3.68. The highest BCUT2D eigenvalue weighted by atomic mass is 127. The summed E-state index contributed by atoms with van der Waals surface area (Å²) in [5, 5.41) is 25.7. The first-order valence-corrected chi connectivity index (χ1v) is 7.57. The van der Waals surface area contributed by atoms with Crippen LogP contribution in [0.4, 0.5) is 0 Å². The van der Waals surface area contributed by atoms with Crippen LogP contribution in [0.25, 0.3) is 0 Å². The molecule has 0 aliphatic heterocycles. The van der Waals surface area contributed by atoms with Crippen LogP contribution in [0.3, 0.4) is 0 Å². The second-order valence-electron chi connectivity index (χ2n) is 3.95. The molecular formula is C13H12INO3S. The minimum absolute atomic E-state index is 0.0756. The molecule has 19 heavy (non-hydrogen) atoms. The van der Waals surface area contributed by atoms with Crippen LogP contribution in [-0.4, -0.2) is 22.7 Å². The molecule has 0 saturated heterocycles. The number of carbonyl (C=O) groups excluding carboxylic acids is 1. The number of thiophene rings is 1. The maximum atomic E-state index is 11.8. The zero-order valence-electron chi connectivity index (χ0n) is 9.84. The fourth-order valence-electron chi connectivity index (χ4n) is 1.53. The lowest BCUT2D eigenvalue weighted by molar-refractivity contribution is 0.0916. The first kappa shape index (κ1) is 14.3. The number of hydrogen-bond donors (Lipinski definition) is 3. The zero-order valence-corrected chi connectivity index (χ0v) is 12.8. The number of amides is 1. The Bertz CT molecular complexity index is 571. The van der Waals surface area contributed by atoms with Gasteiger partial charge in [0.25, 0.3) is 5.91 Å². The van der Waals surface area contributed by atoms with Gasteiger partial charge < -0.3 is 15.5 Å². The van der Waals surface area contributed by atoms with Gasteiger partial charge in [-0.25, -0.2) is 0 Å². The first-order chi connectivity index (χ1) is 9.08. The Labute approximate surface area is 128 Å². The summed E-state index contributed by atoms with van der Waals surface area (Å²) in [4.78, 5) is 11.8. The van der Waals surface area contributed by atoms with Crippen molar-refractivity contribution >= 4 is 39.8 Å². The van der Waals surface area contributed by atoms with Crippen molar-refractivity contribution in [1.29, 1.82) is 0 Å². The Hall–Kier alpha value is -1.12. The Balaban J connectivity index is 1.96. The average Bonchev–Trinajstić information content (AvgIpc) is 2.92. The number of phenolic OH excluding ortho intramolecular Hbond substituents is 1. The number of hydrogen-bond acceptors (Lipinski definition) is 4. The highest BCUT2D eigenvalue weighted by Gasteiger charge is 2.12. The van der Waals surface area contributed by atoms with Gasteiger partial charge in [-0.1, -0.05) is 0 Å². The largest absolute Gasteiger partial charge is 0.507 e. The Morgan fingerprint density at radius 1 is 1.42 bits per heavy atom. The summed E-state index contributed by atoms with van der Waals surface area (Å²) >= 11 is 3.48. The number of carbonyl (C=O) groups is 1. The van der Waals surface area contributed by atoms with Crippen LogP contribution in [0.2, 0.25) is 0 Å². The molecule has 4 nitrogen and oxygen atoms in total. The van der Waals surface area contributed by atoms with Gasteiger partial charge in [0.15, 0.2) is 0 Å². The molecule has 2 rings (SSSR count). The molecule has 0 spiro atoms. The van der Waals surface area contributed by atoms with E-state index in [1.54, 1.807) is 12.1 Å². The zero-order chi connectivity index (χ0) is 13.8. The second-order valence-corrected chi connectivity index (χ2v) is 5.89. The van der Waals surface area contributed by atoms with Crippen LogP contribution in [0.5, 0.6) is 5.75 Å². The molecule has 100 valence electrons. The number of nitrogens with one attached hydrogen (secondary N) is 1. The van der Waals surface area contributed by atoms with Gasteiger partial charge in [-0.2, -0.15) is 11.3 Å². The van der Waals surface area contributed by atoms with Crippen molar-refractivity contribution in [2.75, 3.05) is 6.54 Å². The predicted octanol–water partition coefficient (Wildman–Crippen LogP) is 2.52. The van der Waals surface area contributed by atoms with E-state index < -0.39 is 6.10 Å². The molecule has 0 saturated carbocycles. The van der Waals surface area contributed by atoms with Crippen molar-refractivity contribution in [2.24, 2.45) is 0 Å². The molecule has 1 amide bonds. The Morgan fingerprint density at radius 3 is 2.84 bits per heavy atom. The molecule has 3 N–H and O–H groups in total. The summed E-state index contributed by atoms with van der Waals surface area (Å²) in [7, 11) is 0. The maximum Gasteiger partial charge on any atom is 0.251 e. The van der Waals surface area contributed by atoms with Gasteiger partial charge >= 0.3 is 0 Å². The van der Waals surface area contributed by atoms with Crippen LogP contribution in [0, 0.1) is 3.57 Å². The molecule has 1 aromatic heterocycles. The van der Waals surface area contributed by atoms with Gasteiger partial charge in [-0.3, -0.25) is 4.79 Å². The quantitative estimate of drug-likeness (QED) is 0.704. The van der Waals surface area contributed by atoms with E-state index in [1.807, 2.05) is 39.4 Å². The van der Waals surface area contributed by atoms with Crippen molar-refractivity contribution in [2.45, 2.75) is 6.10 Å². The lowest BCUT2D eigenvalue weighted by atomic mass is 10.1. The third-order valence-electron chi connectivity index (χ3n) is 2.59. The predicted molar refractivity (Wildman–Crippen MR) is 82.4 cm³/mol. The summed E-state index contributed by atoms with van der Waals surface area (Å²) in [6.07, 6.45) is -0.715. The van der Waals surface area contributed by atoms with Crippen molar-refractivity contribution < 1.29 is 15.0 Å². The van der Waals surface area contributed by atoms with Crippen LogP contribution in [0.1, 0.15) is 22.0 Å². The molecular weight excluding hydrogens is 377 g/mol. The van der Waals surface area contributed by atoms with E-state index in [4.69, 9.17) is 0 Å². The van der Waals surface area contributed by atoms with Gasteiger partial charge in [0, 0.05) is 12.1 Å². The number of aliphatic hydroxyl groups excluding tert-OH is 1. The molecule has 0 fully saturated rings. The van der Waals surface area contributed by atoms with E-state index in [1.165, 1.54) is 17.4 Å². The van der Waals surface area contributed by atoms with Crippen LogP contribution in [-0.2, 0) is 0 Å². The van der Waals surface area contributed by atoms with Gasteiger partial charge in [-0.05, 0) is 63.2 Å². The van der Waals surface area contributed by atoms with Crippen LogP contribution >= 0.6 is 33.9 Å². The second kappa shape index (κ2) is 6.36. The molecule has 0 aliphatic carbocycles. The molecule has 1 aromatic carbocycles. The topological polar surface area (TPSA) is 69.6 Å². The van der Waals surface area contributed by atoms with Crippen molar-refractivity contribution in [3.05, 3.63) is 49.7 Å². The number of halogens is 1. The van der Waals surface area contributed by atoms with Gasteiger partial charge in [0.05, 0.1) is 9.67 Å². The molecule has 0 aliphatic rings. The minimum Gasteiger partial charge on any atom is -0.507 e. The lowest BCUT2D eigenvalue weighted by Crippen LogP contribution is -2.28. The highest BCUT2D eigenvalue weighted by molar-refractivity contribution is 14.1. The Morgan fingerprint density at radius 2 is 2.21 bits per heavy atom. The SMILES string of the molecule is O=C(NCC(O)c1ccsc1)c1ccc(I)c(O)c1. The molecule has 0 radical (unpaired) electrons. The number of aliphatic hydroxyl groups is 1. The van der Waals surface area contributed by atoms with Gasteiger partial charge in [0.2, 0.25) is 0 Å². The summed E-state index contributed by atoms with van der Waals surface area (Å²) in [5.41, 5.74) is 1.16. The molecule has 6 heteroatoms. The molecule has 1 atom stereocenters. The van der Waals surface area contributed by atoms with Gasteiger partial charge in [-0.15, -0.1) is 0 Å².